The van der Waals surface area contributed by atoms with Crippen LogP contribution in [-0.4, -0.2) is 44.5 Å². The summed E-state index contributed by atoms with van der Waals surface area (Å²) in [6, 6.07) is 15.4. The Morgan fingerprint density at radius 2 is 1.90 bits per heavy atom. The van der Waals surface area contributed by atoms with E-state index in [0.717, 1.165) is 16.8 Å². The fourth-order valence-corrected chi connectivity index (χ4v) is 3.37. The van der Waals surface area contributed by atoms with Gasteiger partial charge in [-0.3, -0.25) is 14.6 Å². The normalized spacial score (nSPS) is 15.9. The highest BCUT2D eigenvalue weighted by atomic mass is 16.2. The third-order valence-electron chi connectivity index (χ3n) is 4.83. The molecule has 7 heteroatoms. The topological polar surface area (TPSA) is 94.6 Å². The largest absolute Gasteiger partial charge is 0.356 e. The van der Waals surface area contributed by atoms with E-state index in [4.69, 9.17) is 0 Å². The Morgan fingerprint density at radius 3 is 2.69 bits per heavy atom. The van der Waals surface area contributed by atoms with Crippen molar-refractivity contribution in [3.63, 3.8) is 0 Å². The van der Waals surface area contributed by atoms with Crippen molar-refractivity contribution in [2.45, 2.75) is 19.3 Å². The molecular weight excluding hydrogens is 366 g/mol. The number of carbonyl (C=O) groups excluding carboxylic acids is 2. The summed E-state index contributed by atoms with van der Waals surface area (Å²) < 4.78 is 0. The van der Waals surface area contributed by atoms with Gasteiger partial charge in [0.15, 0.2) is 5.96 Å². The molecule has 2 amide bonds. The molecule has 152 valence electrons. The van der Waals surface area contributed by atoms with E-state index in [2.05, 4.69) is 26.3 Å². The molecular formula is C22H27N5O2. The zero-order chi connectivity index (χ0) is 20.6. The first kappa shape index (κ1) is 20.4. The van der Waals surface area contributed by atoms with Crippen LogP contribution in [0, 0.1) is 6.92 Å². The zero-order valence-electron chi connectivity index (χ0n) is 16.8. The van der Waals surface area contributed by atoms with Gasteiger partial charge in [-0.1, -0.05) is 35.9 Å². The highest BCUT2D eigenvalue weighted by Crippen LogP contribution is 2.31. The van der Waals surface area contributed by atoms with Crippen molar-refractivity contribution in [3.05, 3.63) is 65.2 Å². The summed E-state index contributed by atoms with van der Waals surface area (Å²) in [4.78, 5) is 28.3. The SMILES string of the molecule is CN=C(NCCNC(=O)c1cccc(C)c1)NCC1CC(=O)Nc2ccccc21. The molecule has 1 aliphatic rings. The van der Waals surface area contributed by atoms with E-state index in [1.54, 1.807) is 13.1 Å². The van der Waals surface area contributed by atoms with Gasteiger partial charge < -0.3 is 21.3 Å². The molecule has 1 heterocycles. The molecule has 1 unspecified atom stereocenters. The summed E-state index contributed by atoms with van der Waals surface area (Å²) in [6.07, 6.45) is 0.438. The lowest BCUT2D eigenvalue weighted by molar-refractivity contribution is -0.116. The fraction of sp³-hybridized carbons (Fsp3) is 0.318. The average molecular weight is 393 g/mol. The van der Waals surface area contributed by atoms with Crippen LogP contribution in [0.3, 0.4) is 0 Å². The van der Waals surface area contributed by atoms with Gasteiger partial charge in [-0.25, -0.2) is 0 Å². The number of aliphatic imine (C=N–C) groups is 1. The number of rotatable bonds is 6. The van der Waals surface area contributed by atoms with E-state index in [1.807, 2.05) is 49.4 Å². The van der Waals surface area contributed by atoms with Crippen LogP contribution in [0.2, 0.25) is 0 Å². The Balaban J connectivity index is 1.44. The van der Waals surface area contributed by atoms with Crippen LogP contribution in [-0.2, 0) is 4.79 Å². The molecule has 0 bridgehead atoms. The van der Waals surface area contributed by atoms with Crippen molar-refractivity contribution >= 4 is 23.5 Å². The summed E-state index contributed by atoms with van der Waals surface area (Å²) in [7, 11) is 1.70. The number of fused-ring (bicyclic) bond motifs is 1. The second-order valence-corrected chi connectivity index (χ2v) is 7.04. The van der Waals surface area contributed by atoms with E-state index in [-0.39, 0.29) is 17.7 Å². The zero-order valence-corrected chi connectivity index (χ0v) is 16.8. The molecule has 0 fully saturated rings. The van der Waals surface area contributed by atoms with Crippen molar-refractivity contribution in [2.24, 2.45) is 4.99 Å². The summed E-state index contributed by atoms with van der Waals surface area (Å²) in [6.45, 7) is 3.57. The van der Waals surface area contributed by atoms with Crippen LogP contribution in [0.1, 0.15) is 33.8 Å². The molecule has 1 aliphatic heterocycles. The number of anilines is 1. The van der Waals surface area contributed by atoms with E-state index >= 15 is 0 Å². The minimum Gasteiger partial charge on any atom is -0.356 e. The molecule has 0 radical (unpaired) electrons. The maximum Gasteiger partial charge on any atom is 0.251 e. The first-order valence-electron chi connectivity index (χ1n) is 9.75. The van der Waals surface area contributed by atoms with Gasteiger partial charge in [0.1, 0.15) is 0 Å². The van der Waals surface area contributed by atoms with Gasteiger partial charge in [0.25, 0.3) is 5.91 Å². The van der Waals surface area contributed by atoms with Crippen molar-refractivity contribution in [3.8, 4) is 0 Å². The minimum atomic E-state index is -0.0942. The highest BCUT2D eigenvalue weighted by Gasteiger charge is 2.24. The fourth-order valence-electron chi connectivity index (χ4n) is 3.37. The number of para-hydroxylation sites is 1. The lowest BCUT2D eigenvalue weighted by atomic mass is 9.90. The van der Waals surface area contributed by atoms with Gasteiger partial charge in [0.2, 0.25) is 5.91 Å². The number of hydrogen-bond acceptors (Lipinski definition) is 3. The lowest BCUT2D eigenvalue weighted by Crippen LogP contribution is -2.43. The van der Waals surface area contributed by atoms with Gasteiger partial charge in [-0.2, -0.15) is 0 Å². The Morgan fingerprint density at radius 1 is 1.10 bits per heavy atom. The van der Waals surface area contributed by atoms with Gasteiger partial charge in [-0.15, -0.1) is 0 Å². The van der Waals surface area contributed by atoms with E-state index in [1.165, 1.54) is 0 Å². The maximum atomic E-state index is 12.2. The van der Waals surface area contributed by atoms with Gasteiger partial charge >= 0.3 is 0 Å². The molecule has 0 spiro atoms. The molecule has 1 atom stereocenters. The summed E-state index contributed by atoms with van der Waals surface area (Å²) >= 11 is 0. The molecule has 29 heavy (non-hydrogen) atoms. The first-order chi connectivity index (χ1) is 14.1. The number of nitrogens with one attached hydrogen (secondary N) is 4. The smallest absolute Gasteiger partial charge is 0.251 e. The number of guanidine groups is 1. The Labute approximate surface area is 171 Å². The average Bonchev–Trinajstić information content (AvgIpc) is 2.72. The molecule has 7 nitrogen and oxygen atoms in total. The van der Waals surface area contributed by atoms with Crippen molar-refractivity contribution in [1.82, 2.24) is 16.0 Å². The number of carbonyl (C=O) groups is 2. The van der Waals surface area contributed by atoms with Crippen LogP contribution in [0.5, 0.6) is 0 Å². The summed E-state index contributed by atoms with van der Waals surface area (Å²) in [5.41, 5.74) is 3.71. The van der Waals surface area contributed by atoms with E-state index in [0.29, 0.717) is 37.6 Å². The maximum absolute atomic E-state index is 12.2. The molecule has 0 aromatic heterocycles. The molecule has 0 aliphatic carbocycles. The van der Waals surface area contributed by atoms with E-state index in [9.17, 15) is 9.59 Å². The van der Waals surface area contributed by atoms with Crippen molar-refractivity contribution < 1.29 is 9.59 Å². The molecule has 4 N–H and O–H groups in total. The number of aryl methyl sites for hydroxylation is 1. The first-order valence-corrected chi connectivity index (χ1v) is 9.75. The number of amides is 2. The van der Waals surface area contributed by atoms with E-state index < -0.39 is 0 Å². The number of nitrogens with zero attached hydrogens (tertiary/aromatic N) is 1. The van der Waals surface area contributed by atoms with Gasteiger partial charge in [0.05, 0.1) is 0 Å². The van der Waals surface area contributed by atoms with Crippen LogP contribution in [0.25, 0.3) is 0 Å². The van der Waals surface area contributed by atoms with Crippen LogP contribution in [0.4, 0.5) is 5.69 Å². The Bertz CT molecular complexity index is 910. The Hall–Kier alpha value is -3.35. The van der Waals surface area contributed by atoms with Crippen LogP contribution in [0.15, 0.2) is 53.5 Å². The summed E-state index contributed by atoms with van der Waals surface area (Å²) in [5.74, 6) is 0.651. The monoisotopic (exact) mass is 393 g/mol. The predicted molar refractivity (Wildman–Crippen MR) is 115 cm³/mol. The van der Waals surface area contributed by atoms with Crippen molar-refractivity contribution in [1.29, 1.82) is 0 Å². The quantitative estimate of drug-likeness (QED) is 0.343. The third kappa shape index (κ3) is 5.57. The number of benzene rings is 2. The van der Waals surface area contributed by atoms with Crippen molar-refractivity contribution in [2.75, 3.05) is 32.0 Å². The van der Waals surface area contributed by atoms with Gasteiger partial charge in [-0.05, 0) is 30.7 Å². The standard InChI is InChI=1S/C22H27N5O2/c1-15-6-5-7-16(12-15)21(29)24-10-11-25-22(23-2)26-14-17-13-20(28)27-19-9-4-3-8-18(17)19/h3-9,12,17H,10-11,13-14H2,1-2H3,(H,24,29)(H,27,28)(H2,23,25,26). The summed E-state index contributed by atoms with van der Waals surface area (Å²) in [5, 5.41) is 12.3. The predicted octanol–water partition coefficient (Wildman–Crippen LogP) is 2.02. The highest BCUT2D eigenvalue weighted by molar-refractivity contribution is 5.95. The molecule has 3 rings (SSSR count). The van der Waals surface area contributed by atoms with Gasteiger partial charge in [0, 0.05) is 50.3 Å². The second-order valence-electron chi connectivity index (χ2n) is 7.04. The second kappa shape index (κ2) is 9.73. The molecule has 2 aromatic rings. The molecule has 0 saturated carbocycles. The Kier molecular flexibility index (Phi) is 6.84. The molecule has 0 saturated heterocycles. The number of hydrogen-bond donors (Lipinski definition) is 4. The molecule has 2 aromatic carbocycles. The third-order valence-corrected chi connectivity index (χ3v) is 4.83. The van der Waals surface area contributed by atoms with Crippen LogP contribution >= 0.6 is 0 Å². The van der Waals surface area contributed by atoms with Crippen LogP contribution < -0.4 is 21.3 Å². The lowest BCUT2D eigenvalue weighted by Gasteiger charge is -2.26. The minimum absolute atomic E-state index is 0.0253.